The molecule has 8 rings (SSSR count). The van der Waals surface area contributed by atoms with E-state index in [9.17, 15) is 28.0 Å². The van der Waals surface area contributed by atoms with Crippen molar-refractivity contribution in [2.45, 2.75) is 158 Å². The lowest BCUT2D eigenvalue weighted by molar-refractivity contribution is -0.149. The summed E-state index contributed by atoms with van der Waals surface area (Å²) in [6.45, 7) is 34.1. The number of anilines is 2. The van der Waals surface area contributed by atoms with Crippen LogP contribution in [0.1, 0.15) is 142 Å². The molecule has 0 radical (unpaired) electrons. The van der Waals surface area contributed by atoms with Gasteiger partial charge < -0.3 is 48.3 Å². The number of ether oxygens (including phenoxy) is 4. The van der Waals surface area contributed by atoms with Crippen molar-refractivity contribution in [1.82, 2.24) is 59.8 Å². The average molecular weight is 1280 g/mol. The SMILES string of the molecule is CCCN(C)C[C@H](C[C@@H](C(C)C)N1CC2(CCN(c3ncnnc3Oc3ccc(F)cc3C(=O)N(CC)C(C)C)C2)C1)OC(=O)/C=C/C(=O)O[C@@H](C[C@@H](C(C)C)N1CC2(CCN(c3ncnnc3Oc3ccc(F)cc3C(=O)N(CC)C(C)C)C2)C1)CN(C)CCC. The number of likely N-dealkylation sites (N-methyl/N-ethyl adjacent to an activating group) is 2. The minimum Gasteiger partial charge on any atom is -0.458 e. The molecule has 92 heavy (non-hydrogen) atoms. The van der Waals surface area contributed by atoms with Gasteiger partial charge in [-0.1, -0.05) is 41.5 Å². The number of benzene rings is 2. The van der Waals surface area contributed by atoms with Crippen LogP contribution in [0, 0.1) is 34.3 Å². The number of carbonyl (C=O) groups is 4. The van der Waals surface area contributed by atoms with Gasteiger partial charge in [-0.3, -0.25) is 19.4 Å². The van der Waals surface area contributed by atoms with Crippen LogP contribution in [0.3, 0.4) is 0 Å². The lowest BCUT2D eigenvalue weighted by atomic mass is 9.76. The standard InChI is InChI=1S/C68H100F2N14O8/c1-15-27-77(13)35-51(33-55(45(5)6)81-39-67(40-81)25-29-79(37-67)61-63(75-73-43-71-61)91-57-21-19-49(69)31-53(57)65(87)83(17-3)47(9)10)89-59(85)23-24-60(86)90-52(36-78(14)28-16-2)34-56(46(7)8)82-41-68(42-82)26-30-80(38-68)62-64(76-74-44-72-62)92-58-22-20-50(70)32-54(58)66(88)84(18-4)48(11)12/h19-24,31-32,43-48,51-52,55-56H,15-18,25-30,33-42H2,1-14H3/b24-23+/t51-,52-,55-,56-/m0/s1. The van der Waals surface area contributed by atoms with E-state index >= 15 is 0 Å². The van der Waals surface area contributed by atoms with Gasteiger partial charge in [-0.2, -0.15) is 0 Å². The molecule has 4 aliphatic rings. The van der Waals surface area contributed by atoms with Gasteiger partial charge in [-0.05, 0) is 143 Å². The lowest BCUT2D eigenvalue weighted by Crippen LogP contribution is -2.62. The van der Waals surface area contributed by atoms with Crippen molar-refractivity contribution >= 4 is 35.4 Å². The molecule has 504 valence electrons. The van der Waals surface area contributed by atoms with Gasteiger partial charge in [-0.25, -0.2) is 28.3 Å². The second-order valence-corrected chi connectivity index (χ2v) is 27.3. The topological polar surface area (TPSA) is 208 Å². The van der Waals surface area contributed by atoms with Crippen molar-refractivity contribution in [3.8, 4) is 23.3 Å². The van der Waals surface area contributed by atoms with Crippen molar-refractivity contribution in [2.24, 2.45) is 22.7 Å². The van der Waals surface area contributed by atoms with E-state index in [4.69, 9.17) is 18.9 Å². The monoisotopic (exact) mass is 1280 g/mol. The number of hydrogen-bond donors (Lipinski definition) is 0. The predicted octanol–water partition coefficient (Wildman–Crippen LogP) is 9.28. The number of amides is 2. The van der Waals surface area contributed by atoms with Gasteiger partial charge in [-0.15, -0.1) is 20.4 Å². The number of likely N-dealkylation sites (tertiary alicyclic amines) is 2. The zero-order valence-corrected chi connectivity index (χ0v) is 56.8. The zero-order chi connectivity index (χ0) is 66.6. The first-order chi connectivity index (χ1) is 43.9. The molecule has 4 atom stereocenters. The molecule has 2 aromatic carbocycles. The van der Waals surface area contributed by atoms with Gasteiger partial charge in [0, 0.05) is 139 Å². The summed E-state index contributed by atoms with van der Waals surface area (Å²) in [5, 5.41) is 16.7. The van der Waals surface area contributed by atoms with Crippen molar-refractivity contribution < 1.29 is 46.9 Å². The third-order valence-corrected chi connectivity index (χ3v) is 18.6. The molecule has 0 bridgehead atoms. The average Bonchev–Trinajstić information content (AvgIpc) is 1.55. The van der Waals surface area contributed by atoms with E-state index in [1.807, 2.05) is 55.6 Å². The van der Waals surface area contributed by atoms with Crippen LogP contribution in [0.5, 0.6) is 23.3 Å². The van der Waals surface area contributed by atoms with Crippen LogP contribution in [0.15, 0.2) is 61.2 Å². The molecule has 6 heterocycles. The maximum absolute atomic E-state index is 14.6. The summed E-state index contributed by atoms with van der Waals surface area (Å²) < 4.78 is 54.4. The Hall–Kier alpha value is -7.02. The van der Waals surface area contributed by atoms with E-state index in [0.717, 1.165) is 65.0 Å². The largest absolute Gasteiger partial charge is 0.458 e. The Kier molecular flexibility index (Phi) is 24.4. The molecule has 4 saturated heterocycles. The number of esters is 2. The maximum atomic E-state index is 14.6. The zero-order valence-electron chi connectivity index (χ0n) is 56.8. The van der Waals surface area contributed by atoms with Gasteiger partial charge in [0.1, 0.15) is 48.0 Å². The Morgan fingerprint density at radius 3 is 1.29 bits per heavy atom. The first kappa shape index (κ1) is 70.8. The highest BCUT2D eigenvalue weighted by Gasteiger charge is 2.52. The minimum absolute atomic E-state index is 0.0401. The van der Waals surface area contributed by atoms with Crippen LogP contribution < -0.4 is 19.3 Å². The second-order valence-electron chi connectivity index (χ2n) is 27.3. The molecule has 0 aliphatic carbocycles. The van der Waals surface area contributed by atoms with Crippen LogP contribution >= 0.6 is 0 Å². The van der Waals surface area contributed by atoms with E-state index in [0.29, 0.717) is 76.8 Å². The Morgan fingerprint density at radius 2 is 0.957 bits per heavy atom. The van der Waals surface area contributed by atoms with Crippen LogP contribution in [0.25, 0.3) is 0 Å². The van der Waals surface area contributed by atoms with Crippen LogP contribution in [0.4, 0.5) is 20.4 Å². The Labute approximate surface area is 543 Å². The third kappa shape index (κ3) is 17.6. The Balaban J connectivity index is 0.875. The Morgan fingerprint density at radius 1 is 0.576 bits per heavy atom. The fourth-order valence-electron chi connectivity index (χ4n) is 14.2. The summed E-state index contributed by atoms with van der Waals surface area (Å²) in [6, 6.07) is 7.76. The molecular formula is C68H100F2N14O8. The van der Waals surface area contributed by atoms with Gasteiger partial charge in [0.25, 0.3) is 23.6 Å². The van der Waals surface area contributed by atoms with E-state index in [-0.39, 0.29) is 93.0 Å². The summed E-state index contributed by atoms with van der Waals surface area (Å²) in [5.41, 5.74) is 0.108. The highest BCUT2D eigenvalue weighted by molar-refractivity contribution is 5.98. The molecule has 0 N–H and O–H groups in total. The number of rotatable bonds is 32. The van der Waals surface area contributed by atoms with Crippen molar-refractivity contribution in [1.29, 1.82) is 0 Å². The number of aromatic nitrogens is 6. The van der Waals surface area contributed by atoms with E-state index in [2.05, 4.69) is 101 Å². The first-order valence-corrected chi connectivity index (χ1v) is 33.2. The number of nitrogens with zero attached hydrogens (tertiary/aromatic N) is 14. The normalized spacial score (nSPS) is 17.7. The lowest BCUT2D eigenvalue weighted by Gasteiger charge is -2.53. The molecule has 24 heteroatoms. The molecule has 2 spiro atoms. The quantitative estimate of drug-likeness (QED) is 0.0329. The summed E-state index contributed by atoms with van der Waals surface area (Å²) in [6.07, 6.45) is 9.11. The molecule has 22 nitrogen and oxygen atoms in total. The van der Waals surface area contributed by atoms with Crippen LogP contribution in [-0.2, 0) is 19.1 Å². The third-order valence-electron chi connectivity index (χ3n) is 18.6. The van der Waals surface area contributed by atoms with Gasteiger partial charge in [0.05, 0.1) is 11.1 Å². The van der Waals surface area contributed by atoms with Crippen LogP contribution in [0.2, 0.25) is 0 Å². The molecule has 4 aromatic rings. The first-order valence-electron chi connectivity index (χ1n) is 33.2. The number of carbonyl (C=O) groups excluding carboxylic acids is 4. The molecule has 2 aromatic heterocycles. The fourth-order valence-corrected chi connectivity index (χ4v) is 14.2. The number of hydrogen-bond acceptors (Lipinski definition) is 20. The van der Waals surface area contributed by atoms with Gasteiger partial charge >= 0.3 is 11.9 Å². The molecule has 4 aliphatic heterocycles. The van der Waals surface area contributed by atoms with E-state index in [1.165, 1.54) is 61.2 Å². The highest BCUT2D eigenvalue weighted by atomic mass is 19.1. The van der Waals surface area contributed by atoms with Crippen molar-refractivity contribution in [3.05, 3.63) is 84.0 Å². The van der Waals surface area contributed by atoms with Gasteiger partial charge in [0.2, 0.25) is 0 Å². The van der Waals surface area contributed by atoms with Crippen molar-refractivity contribution in [3.63, 3.8) is 0 Å². The smallest absolute Gasteiger partial charge is 0.331 e. The Bertz CT molecular complexity index is 2960. The molecule has 0 saturated carbocycles. The molecule has 4 fully saturated rings. The summed E-state index contributed by atoms with van der Waals surface area (Å²) in [5.74, 6) is -0.917. The van der Waals surface area contributed by atoms with Crippen LogP contribution in [-0.4, -0.2) is 226 Å². The van der Waals surface area contributed by atoms with Crippen molar-refractivity contribution in [2.75, 3.05) is 116 Å². The number of halogens is 2. The molecule has 0 unspecified atom stereocenters. The summed E-state index contributed by atoms with van der Waals surface area (Å²) >= 11 is 0. The van der Waals surface area contributed by atoms with Gasteiger partial charge in [0.15, 0.2) is 11.6 Å². The summed E-state index contributed by atoms with van der Waals surface area (Å²) in [4.78, 5) is 81.2. The highest BCUT2D eigenvalue weighted by Crippen LogP contribution is 2.47. The minimum atomic E-state index is -0.602. The maximum Gasteiger partial charge on any atom is 0.331 e. The molecular weight excluding hydrogens is 1180 g/mol. The molecule has 2 amide bonds. The summed E-state index contributed by atoms with van der Waals surface area (Å²) in [7, 11) is 4.07. The fraction of sp³-hybridized carbons (Fsp3) is 0.647. The van der Waals surface area contributed by atoms with E-state index < -0.39 is 35.8 Å². The predicted molar refractivity (Wildman–Crippen MR) is 349 cm³/mol. The second kappa shape index (κ2) is 31.7. The van der Waals surface area contributed by atoms with E-state index in [1.54, 1.807) is 9.80 Å².